The predicted molar refractivity (Wildman–Crippen MR) is 162 cm³/mol. The average Bonchev–Trinajstić information content (AvgIpc) is 3.69. The van der Waals surface area contributed by atoms with Crippen LogP contribution >= 0.6 is 0 Å². The highest BCUT2D eigenvalue weighted by Crippen LogP contribution is 2.30. The first-order valence-electron chi connectivity index (χ1n) is 13.9. The number of halogens is 2. The second kappa shape index (κ2) is 12.4. The number of rotatable bonds is 11. The lowest BCUT2D eigenvalue weighted by atomic mass is 10.1. The van der Waals surface area contributed by atoms with Crippen molar-refractivity contribution in [2.45, 2.75) is 24.3 Å². The second-order valence-corrected chi connectivity index (χ2v) is 12.0. The standard InChI is InChI=1S/C31H28F2N6O4S/c32-26-4-3-5-27(33)31(26)44(41,42)39(43-21-40)25-9-7-24(8-10-25)36-30-19-28(34-20-35-30)22-6-11-29-23(18-22)12-15-38(29)17-16-37-13-1-2-14-37/h3-12,15,18-21H,1-2,13-14,16-17H2,(H,34,35,36). The van der Waals surface area contributed by atoms with Crippen LogP contribution in [-0.4, -0.2) is 54.0 Å². The molecule has 2 aromatic heterocycles. The zero-order valence-electron chi connectivity index (χ0n) is 23.4. The van der Waals surface area contributed by atoms with E-state index in [9.17, 15) is 22.0 Å². The van der Waals surface area contributed by atoms with Gasteiger partial charge in [-0.25, -0.2) is 18.7 Å². The summed E-state index contributed by atoms with van der Waals surface area (Å²) in [5, 5.41) is 4.24. The summed E-state index contributed by atoms with van der Waals surface area (Å²) in [4.78, 5) is 25.7. The molecule has 0 atom stereocenters. The van der Waals surface area contributed by atoms with Crippen LogP contribution in [0.4, 0.5) is 26.0 Å². The number of anilines is 3. The minimum atomic E-state index is -4.92. The first kappa shape index (κ1) is 29.2. The molecule has 0 aliphatic carbocycles. The third-order valence-corrected chi connectivity index (χ3v) is 9.11. The van der Waals surface area contributed by atoms with E-state index in [1.54, 1.807) is 6.07 Å². The smallest absolute Gasteiger partial charge is 0.322 e. The number of benzene rings is 3. The van der Waals surface area contributed by atoms with Crippen LogP contribution in [0.2, 0.25) is 0 Å². The van der Waals surface area contributed by atoms with Crippen LogP contribution in [0.3, 0.4) is 0 Å². The van der Waals surface area contributed by atoms with Gasteiger partial charge in [0.25, 0.3) is 0 Å². The van der Waals surface area contributed by atoms with Gasteiger partial charge in [0.2, 0.25) is 0 Å². The molecule has 1 aliphatic rings. The second-order valence-electron chi connectivity index (χ2n) is 10.3. The lowest BCUT2D eigenvalue weighted by Crippen LogP contribution is -2.32. The van der Waals surface area contributed by atoms with Crippen LogP contribution < -0.4 is 9.79 Å². The quantitative estimate of drug-likeness (QED) is 0.153. The summed E-state index contributed by atoms with van der Waals surface area (Å²) >= 11 is 0. The number of carbonyl (C=O) groups is 1. The molecule has 1 fully saturated rings. The van der Waals surface area contributed by atoms with Crippen molar-refractivity contribution >= 4 is 44.6 Å². The summed E-state index contributed by atoms with van der Waals surface area (Å²) in [5.41, 5.74) is 3.14. The van der Waals surface area contributed by atoms with E-state index in [-0.39, 0.29) is 16.6 Å². The Kier molecular flexibility index (Phi) is 8.22. The number of nitrogens with zero attached hydrogens (tertiary/aromatic N) is 5. The number of carbonyl (C=O) groups excluding carboxylic acids is 1. The first-order chi connectivity index (χ1) is 21.3. The van der Waals surface area contributed by atoms with Gasteiger partial charge in [0.1, 0.15) is 23.8 Å². The summed E-state index contributed by atoms with van der Waals surface area (Å²) < 4.78 is 57.0. The Morgan fingerprint density at radius 1 is 0.932 bits per heavy atom. The maximum Gasteiger partial charge on any atom is 0.322 e. The van der Waals surface area contributed by atoms with E-state index in [2.05, 4.69) is 54.0 Å². The van der Waals surface area contributed by atoms with E-state index in [1.165, 1.54) is 56.5 Å². The normalized spacial score (nSPS) is 13.7. The highest BCUT2D eigenvalue weighted by Gasteiger charge is 2.33. The lowest BCUT2D eigenvalue weighted by molar-refractivity contribution is -0.128. The van der Waals surface area contributed by atoms with Gasteiger partial charge in [-0.1, -0.05) is 16.6 Å². The molecule has 44 heavy (non-hydrogen) atoms. The van der Waals surface area contributed by atoms with Crippen molar-refractivity contribution < 1.29 is 26.8 Å². The zero-order chi connectivity index (χ0) is 30.7. The van der Waals surface area contributed by atoms with Crippen LogP contribution in [-0.2, 0) is 26.2 Å². The largest absolute Gasteiger partial charge is 0.346 e. The van der Waals surface area contributed by atoms with Crippen molar-refractivity contribution in [3.05, 3.63) is 97.0 Å². The van der Waals surface area contributed by atoms with E-state index in [4.69, 9.17) is 0 Å². The maximum absolute atomic E-state index is 14.3. The number of hydrogen-bond acceptors (Lipinski definition) is 8. The third-order valence-electron chi connectivity index (χ3n) is 7.47. The SMILES string of the molecule is O=CON(c1ccc(Nc2cc(-c3ccc4c(ccn4CCN4CCCC4)c3)ncn2)cc1)S(=O)(=O)c1c(F)cccc1F. The predicted octanol–water partition coefficient (Wildman–Crippen LogP) is 5.50. The van der Waals surface area contributed by atoms with Gasteiger partial charge in [0, 0.05) is 47.5 Å². The molecule has 0 saturated carbocycles. The highest BCUT2D eigenvalue weighted by molar-refractivity contribution is 7.92. The van der Waals surface area contributed by atoms with Gasteiger partial charge in [-0.15, -0.1) is 0 Å². The van der Waals surface area contributed by atoms with Crippen LogP contribution in [0, 0.1) is 11.6 Å². The van der Waals surface area contributed by atoms with E-state index in [0.29, 0.717) is 17.2 Å². The molecule has 13 heteroatoms. The molecular formula is C31H28F2N6O4S. The number of likely N-dealkylation sites (tertiary alicyclic amines) is 1. The fraction of sp³-hybridized carbons (Fsp3) is 0.194. The van der Waals surface area contributed by atoms with E-state index >= 15 is 0 Å². The topological polar surface area (TPSA) is 110 Å². The van der Waals surface area contributed by atoms with Gasteiger partial charge in [0.15, 0.2) is 4.90 Å². The molecule has 0 spiro atoms. The molecule has 6 rings (SSSR count). The molecule has 0 amide bonds. The summed E-state index contributed by atoms with van der Waals surface area (Å²) in [5.74, 6) is -2.17. The van der Waals surface area contributed by atoms with Crippen molar-refractivity contribution in [3.63, 3.8) is 0 Å². The summed E-state index contributed by atoms with van der Waals surface area (Å²) in [6.45, 7) is 4.17. The first-order valence-corrected chi connectivity index (χ1v) is 15.4. The third kappa shape index (κ3) is 5.96. The van der Waals surface area contributed by atoms with Crippen LogP contribution in [0.25, 0.3) is 22.2 Å². The molecule has 10 nitrogen and oxygen atoms in total. The van der Waals surface area contributed by atoms with Crippen molar-refractivity contribution in [3.8, 4) is 11.3 Å². The van der Waals surface area contributed by atoms with Crippen molar-refractivity contribution in [1.82, 2.24) is 19.4 Å². The Morgan fingerprint density at radius 3 is 2.41 bits per heavy atom. The zero-order valence-corrected chi connectivity index (χ0v) is 24.3. The number of aromatic nitrogens is 3. The van der Waals surface area contributed by atoms with Gasteiger partial charge >= 0.3 is 16.5 Å². The molecule has 1 aliphatic heterocycles. The fourth-order valence-corrected chi connectivity index (χ4v) is 6.66. The molecule has 3 heterocycles. The van der Waals surface area contributed by atoms with E-state index < -0.39 is 26.6 Å². The van der Waals surface area contributed by atoms with Crippen LogP contribution in [0.5, 0.6) is 0 Å². The Bertz CT molecular complexity index is 1890. The van der Waals surface area contributed by atoms with Gasteiger partial charge in [-0.2, -0.15) is 8.42 Å². The minimum Gasteiger partial charge on any atom is -0.346 e. The molecule has 3 aromatic carbocycles. The van der Waals surface area contributed by atoms with E-state index in [1.807, 2.05) is 6.07 Å². The van der Waals surface area contributed by atoms with Crippen LogP contribution in [0.1, 0.15) is 12.8 Å². The molecule has 1 N–H and O–H groups in total. The Balaban J connectivity index is 1.18. The molecule has 0 bridgehead atoms. The van der Waals surface area contributed by atoms with Gasteiger partial charge < -0.3 is 19.6 Å². The number of hydrogen-bond donors (Lipinski definition) is 1. The summed E-state index contributed by atoms with van der Waals surface area (Å²) in [6, 6.07) is 18.3. The van der Waals surface area contributed by atoms with Crippen LogP contribution in [0.15, 0.2) is 90.2 Å². The van der Waals surface area contributed by atoms with Gasteiger partial charge in [-0.3, -0.25) is 4.79 Å². The molecule has 0 unspecified atom stereocenters. The molecular weight excluding hydrogens is 590 g/mol. The number of nitrogens with one attached hydrogen (secondary N) is 1. The molecule has 226 valence electrons. The Hall–Kier alpha value is -4.88. The molecule has 5 aromatic rings. The Labute approximate surface area is 252 Å². The van der Waals surface area contributed by atoms with Crippen molar-refractivity contribution in [2.24, 2.45) is 0 Å². The summed E-state index contributed by atoms with van der Waals surface area (Å²) in [7, 11) is -4.92. The minimum absolute atomic E-state index is 0.147. The summed E-state index contributed by atoms with van der Waals surface area (Å²) in [6.07, 6.45) is 6.10. The Morgan fingerprint density at radius 2 is 1.68 bits per heavy atom. The highest BCUT2D eigenvalue weighted by atomic mass is 32.2. The number of sulfonamides is 1. The molecule has 0 radical (unpaired) electrons. The van der Waals surface area contributed by atoms with Gasteiger partial charge in [-0.05, 0) is 80.5 Å². The maximum atomic E-state index is 14.3. The molecule has 1 saturated heterocycles. The van der Waals surface area contributed by atoms with Gasteiger partial charge in [0.05, 0.1) is 11.4 Å². The average molecular weight is 619 g/mol. The van der Waals surface area contributed by atoms with E-state index in [0.717, 1.165) is 47.8 Å². The van der Waals surface area contributed by atoms with Crippen molar-refractivity contribution in [2.75, 3.05) is 29.4 Å². The fourth-order valence-electron chi connectivity index (χ4n) is 5.31. The monoisotopic (exact) mass is 618 g/mol. The lowest BCUT2D eigenvalue weighted by Gasteiger charge is -2.21. The number of fused-ring (bicyclic) bond motifs is 1. The van der Waals surface area contributed by atoms with Crippen molar-refractivity contribution in [1.29, 1.82) is 0 Å².